The van der Waals surface area contributed by atoms with Gasteiger partial charge in [0.05, 0.1) is 6.20 Å². The SMILES string of the molecule is Cn1cc(-c2ccc(C(C)(C)C)cc2)cn1. The van der Waals surface area contributed by atoms with Crippen LogP contribution in [0.25, 0.3) is 11.1 Å². The molecule has 2 aromatic rings. The molecule has 0 bridgehead atoms. The van der Waals surface area contributed by atoms with Crippen molar-refractivity contribution in [3.8, 4) is 11.1 Å². The third kappa shape index (κ3) is 2.16. The minimum atomic E-state index is 0.216. The van der Waals surface area contributed by atoms with E-state index >= 15 is 0 Å². The van der Waals surface area contributed by atoms with Crippen LogP contribution in [0.5, 0.6) is 0 Å². The molecule has 0 unspecified atom stereocenters. The molecule has 16 heavy (non-hydrogen) atoms. The van der Waals surface area contributed by atoms with Gasteiger partial charge in [-0.1, -0.05) is 45.0 Å². The Balaban J connectivity index is 2.33. The van der Waals surface area contributed by atoms with Crippen LogP contribution in [0.15, 0.2) is 36.7 Å². The molecule has 0 amide bonds. The molecule has 0 spiro atoms. The molecule has 0 aliphatic rings. The Bertz CT molecular complexity index is 472. The lowest BCUT2D eigenvalue weighted by atomic mass is 9.86. The Morgan fingerprint density at radius 3 is 2.06 bits per heavy atom. The number of hydrogen-bond acceptors (Lipinski definition) is 1. The van der Waals surface area contributed by atoms with Gasteiger partial charge < -0.3 is 0 Å². The van der Waals surface area contributed by atoms with Crippen LogP contribution in [-0.4, -0.2) is 9.78 Å². The molecule has 2 rings (SSSR count). The van der Waals surface area contributed by atoms with Crippen LogP contribution in [0.3, 0.4) is 0 Å². The van der Waals surface area contributed by atoms with Crippen LogP contribution in [-0.2, 0) is 12.5 Å². The number of hydrogen-bond donors (Lipinski definition) is 0. The summed E-state index contributed by atoms with van der Waals surface area (Å²) in [6, 6.07) is 8.72. The highest BCUT2D eigenvalue weighted by Crippen LogP contribution is 2.25. The monoisotopic (exact) mass is 214 g/mol. The van der Waals surface area contributed by atoms with E-state index < -0.39 is 0 Å². The first-order chi connectivity index (χ1) is 7.47. The van der Waals surface area contributed by atoms with Crippen LogP contribution >= 0.6 is 0 Å². The van der Waals surface area contributed by atoms with Gasteiger partial charge in [-0.3, -0.25) is 4.68 Å². The van der Waals surface area contributed by atoms with Gasteiger partial charge in [0.15, 0.2) is 0 Å². The molecule has 84 valence electrons. The molecule has 1 aromatic carbocycles. The van der Waals surface area contributed by atoms with Crippen molar-refractivity contribution in [1.82, 2.24) is 9.78 Å². The molecule has 0 atom stereocenters. The lowest BCUT2D eigenvalue weighted by Crippen LogP contribution is -2.10. The topological polar surface area (TPSA) is 17.8 Å². The average Bonchev–Trinajstić information content (AvgIpc) is 2.64. The largest absolute Gasteiger partial charge is 0.275 e. The molecule has 0 aliphatic carbocycles. The quantitative estimate of drug-likeness (QED) is 0.711. The van der Waals surface area contributed by atoms with E-state index in [4.69, 9.17) is 0 Å². The average molecular weight is 214 g/mol. The minimum absolute atomic E-state index is 0.216. The first-order valence-electron chi connectivity index (χ1n) is 5.56. The minimum Gasteiger partial charge on any atom is -0.275 e. The third-order valence-corrected chi connectivity index (χ3v) is 2.79. The van der Waals surface area contributed by atoms with E-state index in [1.54, 1.807) is 0 Å². The van der Waals surface area contributed by atoms with E-state index in [-0.39, 0.29) is 5.41 Å². The van der Waals surface area contributed by atoms with Gasteiger partial charge in [0, 0.05) is 18.8 Å². The molecule has 0 fully saturated rings. The summed E-state index contributed by atoms with van der Waals surface area (Å²) in [5, 5.41) is 4.18. The Hall–Kier alpha value is -1.57. The van der Waals surface area contributed by atoms with E-state index in [1.165, 1.54) is 16.7 Å². The lowest BCUT2D eigenvalue weighted by molar-refractivity contribution is 0.590. The molecule has 2 heteroatoms. The van der Waals surface area contributed by atoms with Crippen molar-refractivity contribution >= 4 is 0 Å². The highest BCUT2D eigenvalue weighted by Gasteiger charge is 2.13. The number of rotatable bonds is 1. The molecule has 1 aromatic heterocycles. The maximum atomic E-state index is 4.18. The van der Waals surface area contributed by atoms with Crippen LogP contribution in [0.4, 0.5) is 0 Å². The highest BCUT2D eigenvalue weighted by molar-refractivity contribution is 5.62. The summed E-state index contributed by atoms with van der Waals surface area (Å²) in [7, 11) is 1.94. The van der Waals surface area contributed by atoms with Crippen LogP contribution in [0, 0.1) is 0 Å². The summed E-state index contributed by atoms with van der Waals surface area (Å²) in [5.41, 5.74) is 3.97. The molecule has 0 aliphatic heterocycles. The molecule has 0 saturated carbocycles. The Morgan fingerprint density at radius 1 is 1.00 bits per heavy atom. The second-order valence-corrected chi connectivity index (χ2v) is 5.23. The highest BCUT2D eigenvalue weighted by atomic mass is 15.2. The second-order valence-electron chi connectivity index (χ2n) is 5.23. The summed E-state index contributed by atoms with van der Waals surface area (Å²) in [4.78, 5) is 0. The van der Waals surface area contributed by atoms with Crippen molar-refractivity contribution in [1.29, 1.82) is 0 Å². The predicted octanol–water partition coefficient (Wildman–Crippen LogP) is 3.38. The summed E-state index contributed by atoms with van der Waals surface area (Å²) in [5.74, 6) is 0. The van der Waals surface area contributed by atoms with E-state index in [1.807, 2.05) is 24.1 Å². The second kappa shape index (κ2) is 3.78. The van der Waals surface area contributed by atoms with Crippen LogP contribution < -0.4 is 0 Å². The standard InChI is InChI=1S/C14H18N2/c1-14(2,3)13-7-5-11(6-8-13)12-9-15-16(4)10-12/h5-10H,1-4H3. The first kappa shape index (κ1) is 10.9. The zero-order valence-corrected chi connectivity index (χ0v) is 10.4. The smallest absolute Gasteiger partial charge is 0.0568 e. The van der Waals surface area contributed by atoms with Gasteiger partial charge in [-0.2, -0.15) is 5.10 Å². The normalized spacial score (nSPS) is 11.8. The number of nitrogens with zero attached hydrogens (tertiary/aromatic N) is 2. The Labute approximate surface area is 96.9 Å². The van der Waals surface area contributed by atoms with E-state index in [0.717, 1.165) is 0 Å². The van der Waals surface area contributed by atoms with Crippen molar-refractivity contribution < 1.29 is 0 Å². The van der Waals surface area contributed by atoms with Gasteiger partial charge in [-0.25, -0.2) is 0 Å². The molecular weight excluding hydrogens is 196 g/mol. The fourth-order valence-electron chi connectivity index (χ4n) is 1.73. The van der Waals surface area contributed by atoms with Gasteiger partial charge in [-0.05, 0) is 16.5 Å². The Morgan fingerprint density at radius 2 is 1.62 bits per heavy atom. The Kier molecular flexibility index (Phi) is 2.58. The van der Waals surface area contributed by atoms with E-state index in [2.05, 4.69) is 50.1 Å². The first-order valence-corrected chi connectivity index (χ1v) is 5.56. The van der Waals surface area contributed by atoms with Crippen molar-refractivity contribution in [2.45, 2.75) is 26.2 Å². The molecule has 0 saturated heterocycles. The zero-order valence-electron chi connectivity index (χ0n) is 10.4. The third-order valence-electron chi connectivity index (χ3n) is 2.79. The summed E-state index contributed by atoms with van der Waals surface area (Å²) in [6.07, 6.45) is 3.93. The molecular formula is C14H18N2. The number of aromatic nitrogens is 2. The van der Waals surface area contributed by atoms with Crippen LogP contribution in [0.1, 0.15) is 26.3 Å². The molecule has 0 N–H and O–H groups in total. The maximum Gasteiger partial charge on any atom is 0.0568 e. The lowest BCUT2D eigenvalue weighted by Gasteiger charge is -2.18. The summed E-state index contributed by atoms with van der Waals surface area (Å²) >= 11 is 0. The predicted molar refractivity (Wildman–Crippen MR) is 67.3 cm³/mol. The summed E-state index contributed by atoms with van der Waals surface area (Å²) < 4.78 is 1.83. The number of aryl methyl sites for hydroxylation is 1. The molecule has 1 heterocycles. The van der Waals surface area contributed by atoms with Crippen molar-refractivity contribution in [2.75, 3.05) is 0 Å². The van der Waals surface area contributed by atoms with E-state index in [9.17, 15) is 0 Å². The van der Waals surface area contributed by atoms with Crippen molar-refractivity contribution in [2.24, 2.45) is 7.05 Å². The van der Waals surface area contributed by atoms with Crippen LogP contribution in [0.2, 0.25) is 0 Å². The summed E-state index contributed by atoms with van der Waals surface area (Å²) in [6.45, 7) is 6.68. The van der Waals surface area contributed by atoms with Gasteiger partial charge >= 0.3 is 0 Å². The fraction of sp³-hybridized carbons (Fsp3) is 0.357. The van der Waals surface area contributed by atoms with Crippen molar-refractivity contribution in [3.05, 3.63) is 42.2 Å². The van der Waals surface area contributed by atoms with Gasteiger partial charge in [0.25, 0.3) is 0 Å². The van der Waals surface area contributed by atoms with E-state index in [0.29, 0.717) is 0 Å². The fourth-order valence-corrected chi connectivity index (χ4v) is 1.73. The van der Waals surface area contributed by atoms with Gasteiger partial charge in [-0.15, -0.1) is 0 Å². The van der Waals surface area contributed by atoms with Gasteiger partial charge in [0.2, 0.25) is 0 Å². The zero-order chi connectivity index (χ0) is 11.8. The van der Waals surface area contributed by atoms with Gasteiger partial charge in [0.1, 0.15) is 0 Å². The molecule has 2 nitrogen and oxygen atoms in total. The molecule has 0 radical (unpaired) electrons. The van der Waals surface area contributed by atoms with Crippen molar-refractivity contribution in [3.63, 3.8) is 0 Å². The number of benzene rings is 1. The maximum absolute atomic E-state index is 4.18.